The van der Waals surface area contributed by atoms with Crippen LogP contribution in [0.4, 0.5) is 5.00 Å². The summed E-state index contributed by atoms with van der Waals surface area (Å²) in [5, 5.41) is 3.51. The summed E-state index contributed by atoms with van der Waals surface area (Å²) in [6.07, 6.45) is 5.92. The van der Waals surface area contributed by atoms with E-state index < -0.39 is 0 Å². The van der Waals surface area contributed by atoms with Gasteiger partial charge in [0, 0.05) is 11.0 Å². The molecule has 1 unspecified atom stereocenters. The Balaban J connectivity index is 1.82. The van der Waals surface area contributed by atoms with Gasteiger partial charge in [-0.15, -0.1) is 11.3 Å². The van der Waals surface area contributed by atoms with Crippen LogP contribution in [0.1, 0.15) is 59.1 Å². The van der Waals surface area contributed by atoms with Crippen molar-refractivity contribution in [3.05, 3.63) is 57.5 Å². The second kappa shape index (κ2) is 8.74. The number of nitrogens with one attached hydrogen (secondary N) is 1. The second-order valence-corrected chi connectivity index (χ2v) is 8.85. The van der Waals surface area contributed by atoms with Crippen LogP contribution in [0.2, 0.25) is 0 Å². The van der Waals surface area contributed by atoms with Gasteiger partial charge in [0.1, 0.15) is 5.00 Å². The van der Waals surface area contributed by atoms with Crippen LogP contribution in [0.25, 0.3) is 6.08 Å². The number of hydrogen-bond acceptors (Lipinski definition) is 4. The Morgan fingerprint density at radius 3 is 2.64 bits per heavy atom. The maximum absolute atomic E-state index is 12.7. The molecule has 4 nitrogen and oxygen atoms in total. The summed E-state index contributed by atoms with van der Waals surface area (Å²) in [7, 11) is 0. The molecule has 1 aliphatic carbocycles. The fourth-order valence-corrected chi connectivity index (χ4v) is 4.73. The molecule has 1 aromatic heterocycles. The van der Waals surface area contributed by atoms with Gasteiger partial charge in [0.25, 0.3) is 0 Å². The molecule has 0 spiro atoms. The highest BCUT2D eigenvalue weighted by molar-refractivity contribution is 7.17. The number of hydrogen-bond donors (Lipinski definition) is 1. The van der Waals surface area contributed by atoms with Gasteiger partial charge in [-0.3, -0.25) is 4.79 Å². The molecule has 1 atom stereocenters. The molecule has 1 N–H and O–H groups in total. The second-order valence-electron chi connectivity index (χ2n) is 7.74. The first-order valence-corrected chi connectivity index (χ1v) is 10.6. The number of anilines is 1. The van der Waals surface area contributed by atoms with Crippen LogP contribution in [-0.4, -0.2) is 18.0 Å². The number of benzene rings is 1. The molecular formula is C23H27NO3S. The molecule has 148 valence electrons. The Kier molecular flexibility index (Phi) is 6.35. The fourth-order valence-electron chi connectivity index (χ4n) is 3.33. The lowest BCUT2D eigenvalue weighted by Gasteiger charge is -2.18. The summed E-state index contributed by atoms with van der Waals surface area (Å²) in [6.45, 7) is 7.91. The number of amides is 1. The summed E-state index contributed by atoms with van der Waals surface area (Å²) in [5.41, 5.74) is 3.72. The van der Waals surface area contributed by atoms with Crippen LogP contribution in [-0.2, 0) is 22.4 Å². The Morgan fingerprint density at radius 1 is 1.25 bits per heavy atom. The van der Waals surface area contributed by atoms with E-state index in [1.54, 1.807) is 6.08 Å². The summed E-state index contributed by atoms with van der Waals surface area (Å²) in [5.74, 6) is -0.00390. The lowest BCUT2D eigenvalue weighted by atomic mass is 9.88. The van der Waals surface area contributed by atoms with Crippen molar-refractivity contribution in [3.8, 4) is 0 Å². The molecule has 2 aromatic rings. The van der Waals surface area contributed by atoms with E-state index >= 15 is 0 Å². The highest BCUT2D eigenvalue weighted by Crippen LogP contribution is 2.40. The SMILES string of the molecule is Cc1ccc(/C=C/C(=O)Nc2sc3c(c2C(=O)OC(C)C)CCC(C)C3)cc1. The normalized spacial score (nSPS) is 16.2. The van der Waals surface area contributed by atoms with Gasteiger partial charge in [-0.1, -0.05) is 36.8 Å². The smallest absolute Gasteiger partial charge is 0.341 e. The highest BCUT2D eigenvalue weighted by Gasteiger charge is 2.29. The quantitative estimate of drug-likeness (QED) is 0.543. The third-order valence-electron chi connectivity index (χ3n) is 4.80. The van der Waals surface area contributed by atoms with Gasteiger partial charge >= 0.3 is 5.97 Å². The molecule has 0 saturated carbocycles. The van der Waals surface area contributed by atoms with Crippen LogP contribution in [0.15, 0.2) is 30.3 Å². The largest absolute Gasteiger partial charge is 0.459 e. The molecule has 1 amide bonds. The van der Waals surface area contributed by atoms with Crippen LogP contribution in [0.3, 0.4) is 0 Å². The molecular weight excluding hydrogens is 370 g/mol. The Hall–Kier alpha value is -2.40. The number of carbonyl (C=O) groups excluding carboxylic acids is 2. The zero-order chi connectivity index (χ0) is 20.3. The maximum Gasteiger partial charge on any atom is 0.341 e. The minimum atomic E-state index is -0.347. The number of carbonyl (C=O) groups is 2. The molecule has 1 aliphatic rings. The number of rotatable bonds is 5. The minimum Gasteiger partial charge on any atom is -0.459 e. The van der Waals surface area contributed by atoms with Crippen molar-refractivity contribution in [1.82, 2.24) is 0 Å². The predicted octanol–water partition coefficient (Wildman–Crippen LogP) is 5.40. The van der Waals surface area contributed by atoms with Crippen molar-refractivity contribution < 1.29 is 14.3 Å². The average Bonchev–Trinajstić information content (AvgIpc) is 2.97. The molecule has 3 rings (SSSR count). The standard InChI is InChI=1S/C23H27NO3S/c1-14(2)27-23(26)21-18-11-7-16(4)13-19(18)28-22(21)24-20(25)12-10-17-8-5-15(3)6-9-17/h5-6,8-10,12,14,16H,7,11,13H2,1-4H3,(H,24,25)/b12-10+. The molecule has 0 radical (unpaired) electrons. The van der Waals surface area contributed by atoms with Crippen molar-refractivity contribution in [2.45, 2.75) is 53.1 Å². The lowest BCUT2D eigenvalue weighted by Crippen LogP contribution is -2.18. The van der Waals surface area contributed by atoms with E-state index in [0.717, 1.165) is 30.4 Å². The summed E-state index contributed by atoms with van der Waals surface area (Å²) >= 11 is 1.51. The monoisotopic (exact) mass is 397 g/mol. The number of ether oxygens (including phenoxy) is 1. The van der Waals surface area contributed by atoms with Gasteiger partial charge in [-0.05, 0) is 63.2 Å². The summed E-state index contributed by atoms with van der Waals surface area (Å²) in [4.78, 5) is 26.4. The maximum atomic E-state index is 12.7. The van der Waals surface area contributed by atoms with E-state index in [9.17, 15) is 9.59 Å². The third kappa shape index (κ3) is 4.90. The van der Waals surface area contributed by atoms with E-state index in [1.165, 1.54) is 27.9 Å². The first-order valence-electron chi connectivity index (χ1n) is 9.74. The number of esters is 1. The topological polar surface area (TPSA) is 55.4 Å². The van der Waals surface area contributed by atoms with Crippen LogP contribution in [0.5, 0.6) is 0 Å². The Morgan fingerprint density at radius 2 is 1.96 bits per heavy atom. The molecule has 5 heteroatoms. The van der Waals surface area contributed by atoms with E-state index in [1.807, 2.05) is 45.0 Å². The molecule has 1 heterocycles. The minimum absolute atomic E-state index is 0.199. The van der Waals surface area contributed by atoms with Crippen molar-refractivity contribution in [2.75, 3.05) is 5.32 Å². The van der Waals surface area contributed by atoms with Gasteiger partial charge < -0.3 is 10.1 Å². The zero-order valence-electron chi connectivity index (χ0n) is 16.9. The van der Waals surface area contributed by atoms with Crippen LogP contribution in [0, 0.1) is 12.8 Å². The summed E-state index contributed by atoms with van der Waals surface area (Å²) in [6, 6.07) is 7.95. The molecule has 1 aromatic carbocycles. The van der Waals surface area contributed by atoms with E-state index in [-0.39, 0.29) is 18.0 Å². The highest BCUT2D eigenvalue weighted by atomic mass is 32.1. The molecule has 28 heavy (non-hydrogen) atoms. The molecule has 0 aliphatic heterocycles. The van der Waals surface area contributed by atoms with Gasteiger partial charge in [0.15, 0.2) is 0 Å². The van der Waals surface area contributed by atoms with Gasteiger partial charge in [0.05, 0.1) is 11.7 Å². The first kappa shape index (κ1) is 20.3. The van der Waals surface area contributed by atoms with Crippen molar-refractivity contribution in [2.24, 2.45) is 5.92 Å². The molecule has 0 fully saturated rings. The van der Waals surface area contributed by atoms with Crippen LogP contribution >= 0.6 is 11.3 Å². The fraction of sp³-hybridized carbons (Fsp3) is 0.391. The zero-order valence-corrected chi connectivity index (χ0v) is 17.7. The van der Waals surface area contributed by atoms with E-state index in [0.29, 0.717) is 16.5 Å². The van der Waals surface area contributed by atoms with Crippen molar-refractivity contribution >= 4 is 34.3 Å². The predicted molar refractivity (Wildman–Crippen MR) is 115 cm³/mol. The summed E-state index contributed by atoms with van der Waals surface area (Å²) < 4.78 is 5.45. The van der Waals surface area contributed by atoms with Gasteiger partial charge in [0.2, 0.25) is 5.91 Å². The first-order chi connectivity index (χ1) is 13.3. The van der Waals surface area contributed by atoms with Crippen molar-refractivity contribution in [1.29, 1.82) is 0 Å². The van der Waals surface area contributed by atoms with Crippen LogP contribution < -0.4 is 5.32 Å². The number of fused-ring (bicyclic) bond motifs is 1. The van der Waals surface area contributed by atoms with Gasteiger partial charge in [-0.25, -0.2) is 4.79 Å². The molecule has 0 saturated heterocycles. The molecule has 0 bridgehead atoms. The third-order valence-corrected chi connectivity index (χ3v) is 5.97. The number of thiophene rings is 1. The average molecular weight is 398 g/mol. The Labute approximate surface area is 170 Å². The van der Waals surface area contributed by atoms with Crippen molar-refractivity contribution in [3.63, 3.8) is 0 Å². The lowest BCUT2D eigenvalue weighted by molar-refractivity contribution is -0.111. The van der Waals surface area contributed by atoms with Gasteiger partial charge in [-0.2, -0.15) is 0 Å². The Bertz CT molecular complexity index is 893. The van der Waals surface area contributed by atoms with E-state index in [4.69, 9.17) is 4.74 Å². The number of aryl methyl sites for hydroxylation is 1. The van der Waals surface area contributed by atoms with E-state index in [2.05, 4.69) is 12.2 Å².